The molecule has 0 aromatic heterocycles. The number of rotatable bonds is 1. The molecule has 2 heterocycles. The van der Waals surface area contributed by atoms with E-state index in [4.69, 9.17) is 14.6 Å². The molecule has 1 saturated heterocycles. The normalized spacial score (nSPS) is 21.7. The first-order valence-electron chi connectivity index (χ1n) is 6.32. The topological polar surface area (TPSA) is 38.7 Å². The van der Waals surface area contributed by atoms with Gasteiger partial charge in [-0.2, -0.15) is 0 Å². The SMILES string of the molecule is C[B]c1c(F)c(F)c(F)c(F)c1F.OC1=CC2OCC(C1)O2.[Os]. The second kappa shape index (κ2) is 8.22. The molecule has 3 rings (SSSR count). The van der Waals surface area contributed by atoms with Crippen LogP contribution in [0.5, 0.6) is 0 Å². The van der Waals surface area contributed by atoms with E-state index in [0.29, 0.717) is 18.8 Å². The van der Waals surface area contributed by atoms with E-state index in [1.807, 2.05) is 0 Å². The van der Waals surface area contributed by atoms with E-state index in [0.717, 1.165) is 7.28 Å². The van der Waals surface area contributed by atoms with Crippen molar-refractivity contribution in [1.82, 2.24) is 0 Å². The molecular weight excluding hydrogens is 500 g/mol. The van der Waals surface area contributed by atoms with Gasteiger partial charge in [-0.3, -0.25) is 0 Å². The zero-order chi connectivity index (χ0) is 16.4. The second-order valence-electron chi connectivity index (χ2n) is 4.59. The minimum Gasteiger partial charge on any atom is -0.512 e. The van der Waals surface area contributed by atoms with Crippen LogP contribution < -0.4 is 5.46 Å². The maximum Gasteiger partial charge on any atom is 0.200 e. The monoisotopic (exact) mass is 513 g/mol. The number of halogens is 5. The van der Waals surface area contributed by atoms with Gasteiger partial charge in [0.2, 0.25) is 0 Å². The number of benzene rings is 1. The van der Waals surface area contributed by atoms with Crippen LogP contribution in [0.15, 0.2) is 11.8 Å². The van der Waals surface area contributed by atoms with Gasteiger partial charge in [0.25, 0.3) is 0 Å². The zero-order valence-corrected chi connectivity index (χ0v) is 14.3. The summed E-state index contributed by atoms with van der Waals surface area (Å²) in [5.41, 5.74) is -0.906. The first-order chi connectivity index (χ1) is 10.3. The number of ether oxygens (including phenoxy) is 2. The Balaban J connectivity index is 0.000000232. The van der Waals surface area contributed by atoms with E-state index in [9.17, 15) is 22.0 Å². The molecule has 0 spiro atoms. The Morgan fingerprint density at radius 2 is 1.57 bits per heavy atom. The van der Waals surface area contributed by atoms with Crippen LogP contribution in [-0.2, 0) is 29.3 Å². The van der Waals surface area contributed by atoms with Crippen molar-refractivity contribution >= 4 is 12.7 Å². The Hall–Kier alpha value is -0.969. The minimum absolute atomic E-state index is 0. The van der Waals surface area contributed by atoms with Gasteiger partial charge in [-0.25, -0.2) is 22.0 Å². The Labute approximate surface area is 142 Å². The van der Waals surface area contributed by atoms with Crippen LogP contribution in [0, 0.1) is 29.1 Å². The van der Waals surface area contributed by atoms with E-state index in [2.05, 4.69) is 0 Å². The fraction of sp³-hybridized carbons (Fsp3) is 0.385. The average molecular weight is 511 g/mol. The largest absolute Gasteiger partial charge is 0.512 e. The van der Waals surface area contributed by atoms with Gasteiger partial charge in [0, 0.05) is 32.3 Å². The third-order valence-electron chi connectivity index (χ3n) is 3.07. The number of hydrogen-bond acceptors (Lipinski definition) is 3. The van der Waals surface area contributed by atoms with Crippen molar-refractivity contribution in [1.29, 1.82) is 0 Å². The molecule has 1 radical (unpaired) electrons. The third-order valence-corrected chi connectivity index (χ3v) is 3.07. The van der Waals surface area contributed by atoms with Gasteiger partial charge in [-0.1, -0.05) is 6.82 Å². The van der Waals surface area contributed by atoms with Crippen LogP contribution >= 0.6 is 0 Å². The van der Waals surface area contributed by atoms with Crippen LogP contribution in [0.4, 0.5) is 22.0 Å². The molecule has 2 aliphatic heterocycles. The van der Waals surface area contributed by atoms with E-state index in [-0.39, 0.29) is 32.2 Å². The molecule has 23 heavy (non-hydrogen) atoms. The van der Waals surface area contributed by atoms with Gasteiger partial charge in [0.15, 0.2) is 42.7 Å². The molecule has 0 aliphatic carbocycles. The van der Waals surface area contributed by atoms with Crippen molar-refractivity contribution in [2.75, 3.05) is 6.61 Å². The summed E-state index contributed by atoms with van der Waals surface area (Å²) in [5, 5.41) is 8.99. The van der Waals surface area contributed by atoms with E-state index in [1.54, 1.807) is 6.08 Å². The maximum absolute atomic E-state index is 12.7. The van der Waals surface area contributed by atoms with Crippen LogP contribution in [-0.4, -0.2) is 31.4 Å². The molecule has 1 fully saturated rings. The van der Waals surface area contributed by atoms with Gasteiger partial charge < -0.3 is 14.6 Å². The third kappa shape index (κ3) is 4.31. The molecule has 0 amide bonds. The number of hydrogen-bond donors (Lipinski definition) is 1. The molecule has 2 aliphatic rings. The van der Waals surface area contributed by atoms with Crippen molar-refractivity contribution in [3.8, 4) is 0 Å². The van der Waals surface area contributed by atoms with Gasteiger partial charge in [-0.05, 0) is 5.46 Å². The Kier molecular flexibility index (Phi) is 7.18. The predicted octanol–water partition coefficient (Wildman–Crippen LogP) is 2.33. The van der Waals surface area contributed by atoms with Crippen LogP contribution in [0.2, 0.25) is 6.82 Å². The van der Waals surface area contributed by atoms with Crippen molar-refractivity contribution in [3.05, 3.63) is 40.9 Å². The van der Waals surface area contributed by atoms with Crippen LogP contribution in [0.1, 0.15) is 6.42 Å². The van der Waals surface area contributed by atoms with Crippen molar-refractivity contribution < 1.29 is 56.3 Å². The van der Waals surface area contributed by atoms with Crippen molar-refractivity contribution in [3.63, 3.8) is 0 Å². The quantitative estimate of drug-likeness (QED) is 0.273. The fourth-order valence-electron chi connectivity index (χ4n) is 2.00. The Morgan fingerprint density at radius 3 is 2.04 bits per heavy atom. The summed E-state index contributed by atoms with van der Waals surface area (Å²) in [5.74, 6) is -9.20. The fourth-order valence-corrected chi connectivity index (χ4v) is 2.00. The average Bonchev–Trinajstić information content (AvgIpc) is 2.83. The van der Waals surface area contributed by atoms with Gasteiger partial charge >= 0.3 is 0 Å². The van der Waals surface area contributed by atoms with E-state index >= 15 is 0 Å². The van der Waals surface area contributed by atoms with Gasteiger partial charge in [-0.15, -0.1) is 0 Å². The summed E-state index contributed by atoms with van der Waals surface area (Å²) in [7, 11) is 0.816. The van der Waals surface area contributed by atoms with Gasteiger partial charge in [0.05, 0.1) is 18.5 Å². The number of aliphatic hydroxyl groups excluding tert-OH is 1. The number of fused-ring (bicyclic) bond motifs is 2. The van der Waals surface area contributed by atoms with Gasteiger partial charge in [0.1, 0.15) is 0 Å². The first-order valence-corrected chi connectivity index (χ1v) is 6.32. The smallest absolute Gasteiger partial charge is 0.200 e. The molecular formula is C13H11BF5O3Os. The number of aliphatic hydroxyl groups is 1. The second-order valence-corrected chi connectivity index (χ2v) is 4.59. The molecule has 2 unspecified atom stereocenters. The Morgan fingerprint density at radius 1 is 1.04 bits per heavy atom. The zero-order valence-electron chi connectivity index (χ0n) is 11.7. The summed E-state index contributed by atoms with van der Waals surface area (Å²) >= 11 is 0. The molecule has 1 N–H and O–H groups in total. The Bertz CT molecular complexity index is 585. The first kappa shape index (κ1) is 20.1. The molecule has 127 valence electrons. The molecule has 3 nitrogen and oxygen atoms in total. The molecule has 1 aromatic carbocycles. The van der Waals surface area contributed by atoms with Crippen molar-refractivity contribution in [2.24, 2.45) is 0 Å². The van der Waals surface area contributed by atoms with Crippen LogP contribution in [0.3, 0.4) is 0 Å². The molecule has 2 bridgehead atoms. The summed E-state index contributed by atoms with van der Waals surface area (Å²) in [6, 6.07) is 0. The van der Waals surface area contributed by atoms with E-state index in [1.165, 1.54) is 6.82 Å². The summed E-state index contributed by atoms with van der Waals surface area (Å²) < 4.78 is 72.8. The molecule has 0 saturated carbocycles. The summed E-state index contributed by atoms with van der Waals surface area (Å²) in [6.45, 7) is 1.80. The standard InChI is InChI=1S/C7H3BF5.C6H8O3.Os/c1-8-2-3(9)5(11)7(13)6(12)4(2)10;7-4-1-5-3-8-6(2-4)9-5;/h1H3;2,5-7H,1,3H2;. The van der Waals surface area contributed by atoms with Crippen molar-refractivity contribution in [2.45, 2.75) is 25.6 Å². The van der Waals surface area contributed by atoms with E-state index < -0.39 is 34.5 Å². The molecule has 10 heteroatoms. The summed E-state index contributed by atoms with van der Waals surface area (Å²) in [6.07, 6.45) is 2.03. The summed E-state index contributed by atoms with van der Waals surface area (Å²) in [4.78, 5) is 0. The maximum atomic E-state index is 12.7. The molecule has 2 atom stereocenters. The molecule has 1 aromatic rings. The minimum atomic E-state index is -2.14. The predicted molar refractivity (Wildman–Crippen MR) is 67.4 cm³/mol. The van der Waals surface area contributed by atoms with Crippen LogP contribution in [0.25, 0.3) is 0 Å².